The average molecular weight is 544 g/mol. The molecular formula is C26H24F3N5O3S. The second-order valence-corrected chi connectivity index (χ2v) is 12.0. The Morgan fingerprint density at radius 2 is 1.82 bits per heavy atom. The van der Waals surface area contributed by atoms with Crippen molar-refractivity contribution in [3.8, 4) is 16.9 Å². The van der Waals surface area contributed by atoms with E-state index < -0.39 is 22.3 Å². The van der Waals surface area contributed by atoms with Crippen LogP contribution in [0.3, 0.4) is 0 Å². The maximum absolute atomic E-state index is 15.2. The van der Waals surface area contributed by atoms with E-state index in [0.717, 1.165) is 11.4 Å². The van der Waals surface area contributed by atoms with Crippen LogP contribution in [0.25, 0.3) is 16.8 Å². The van der Waals surface area contributed by atoms with Crippen LogP contribution in [0.1, 0.15) is 42.1 Å². The molecule has 1 unspecified atom stereocenters. The van der Waals surface area contributed by atoms with E-state index in [1.807, 2.05) is 11.3 Å². The van der Waals surface area contributed by atoms with E-state index in [1.54, 1.807) is 29.3 Å². The molecule has 0 amide bonds. The van der Waals surface area contributed by atoms with Gasteiger partial charge in [0.1, 0.15) is 17.2 Å². The van der Waals surface area contributed by atoms with Gasteiger partial charge in [0.2, 0.25) is 5.95 Å². The summed E-state index contributed by atoms with van der Waals surface area (Å²) in [5, 5.41) is 0. The molecule has 3 aromatic heterocycles. The second kappa shape index (κ2) is 9.26. The Balaban J connectivity index is 1.38. The minimum absolute atomic E-state index is 0.0389. The summed E-state index contributed by atoms with van der Waals surface area (Å²) < 4.78 is 71.5. The number of ether oxygens (including phenoxy) is 1. The fourth-order valence-electron chi connectivity index (χ4n) is 5.38. The third kappa shape index (κ3) is 4.36. The molecule has 38 heavy (non-hydrogen) atoms. The smallest absolute Gasteiger partial charge is 0.387 e. The van der Waals surface area contributed by atoms with Crippen molar-refractivity contribution in [3.63, 3.8) is 0 Å². The number of nitrogens with zero attached hydrogens (tertiary/aromatic N) is 5. The van der Waals surface area contributed by atoms with Gasteiger partial charge >= 0.3 is 6.61 Å². The number of hydrogen-bond acceptors (Lipinski definition) is 7. The minimum Gasteiger partial charge on any atom is -0.435 e. The minimum atomic E-state index is -3.04. The lowest BCUT2D eigenvalue weighted by Crippen LogP contribution is -2.41. The highest BCUT2D eigenvalue weighted by molar-refractivity contribution is 7.91. The Morgan fingerprint density at radius 3 is 2.53 bits per heavy atom. The van der Waals surface area contributed by atoms with Gasteiger partial charge < -0.3 is 14.0 Å². The largest absolute Gasteiger partial charge is 0.435 e. The van der Waals surface area contributed by atoms with Crippen molar-refractivity contribution in [1.29, 1.82) is 0 Å². The van der Waals surface area contributed by atoms with E-state index in [1.165, 1.54) is 24.5 Å². The molecule has 12 heteroatoms. The normalized spacial score (nSPS) is 20.7. The van der Waals surface area contributed by atoms with Gasteiger partial charge in [0, 0.05) is 66.3 Å². The monoisotopic (exact) mass is 543 g/mol. The number of fused-ring (bicyclic) bond motifs is 3. The van der Waals surface area contributed by atoms with Crippen molar-refractivity contribution in [3.05, 3.63) is 71.7 Å². The first-order valence-corrected chi connectivity index (χ1v) is 14.1. The van der Waals surface area contributed by atoms with Crippen LogP contribution in [0.2, 0.25) is 0 Å². The molecule has 0 saturated carbocycles. The zero-order valence-electron chi connectivity index (χ0n) is 20.4. The third-order valence-corrected chi connectivity index (χ3v) is 8.86. The fourth-order valence-corrected chi connectivity index (χ4v) is 6.58. The average Bonchev–Trinajstić information content (AvgIpc) is 3.40. The summed E-state index contributed by atoms with van der Waals surface area (Å²) in [5.74, 6) is -0.139. The molecule has 8 nitrogen and oxygen atoms in total. The first-order valence-electron chi connectivity index (χ1n) is 12.2. The molecule has 2 atom stereocenters. The highest BCUT2D eigenvalue weighted by atomic mass is 32.2. The number of rotatable bonds is 5. The van der Waals surface area contributed by atoms with E-state index in [9.17, 15) is 17.2 Å². The van der Waals surface area contributed by atoms with Gasteiger partial charge in [-0.05, 0) is 12.5 Å². The van der Waals surface area contributed by atoms with Crippen molar-refractivity contribution in [2.75, 3.05) is 29.5 Å². The van der Waals surface area contributed by atoms with Gasteiger partial charge in [-0.25, -0.2) is 27.8 Å². The number of sulfone groups is 1. The number of alkyl halides is 2. The fraction of sp³-hybridized carbons (Fsp3) is 0.346. The number of aromatic nitrogens is 4. The van der Waals surface area contributed by atoms with Gasteiger partial charge in [-0.3, -0.25) is 0 Å². The second-order valence-electron chi connectivity index (χ2n) is 9.66. The van der Waals surface area contributed by atoms with Crippen molar-refractivity contribution < 1.29 is 26.3 Å². The standard InChI is InChI=1S/C26H24F3N5O3S/c1-15-10-18(17-4-2-3-5-21(17)37-25(28)29)24-23(15)32-22-11-20(27)19(14-34(22)24)16-12-30-26(31-13-16)33-6-8-38(35,36)9-7-33/h2-5,11-15,18,25H,6-10H2,1H3/t15?,18-/m1/s1. The van der Waals surface area contributed by atoms with Gasteiger partial charge in [0.05, 0.1) is 22.9 Å². The van der Waals surface area contributed by atoms with E-state index in [4.69, 9.17) is 4.74 Å². The van der Waals surface area contributed by atoms with Crippen LogP contribution >= 0.6 is 0 Å². The molecule has 0 radical (unpaired) electrons. The van der Waals surface area contributed by atoms with Crippen LogP contribution in [0.15, 0.2) is 48.9 Å². The Bertz CT molecular complexity index is 1610. The molecule has 4 heterocycles. The molecule has 0 spiro atoms. The molecule has 1 fully saturated rings. The van der Waals surface area contributed by atoms with Gasteiger partial charge in [0.15, 0.2) is 9.84 Å². The number of anilines is 1. The number of pyridine rings is 1. The lowest BCUT2D eigenvalue weighted by atomic mass is 9.94. The maximum Gasteiger partial charge on any atom is 0.387 e. The summed E-state index contributed by atoms with van der Waals surface area (Å²) in [4.78, 5) is 15.2. The number of para-hydroxylation sites is 1. The molecule has 1 aliphatic carbocycles. The molecule has 0 N–H and O–H groups in total. The van der Waals surface area contributed by atoms with Crippen molar-refractivity contribution in [2.24, 2.45) is 0 Å². The highest BCUT2D eigenvalue weighted by Gasteiger charge is 2.36. The molecule has 6 rings (SSSR count). The van der Waals surface area contributed by atoms with Crippen LogP contribution in [-0.4, -0.2) is 59.0 Å². The predicted octanol–water partition coefficient (Wildman–Crippen LogP) is 4.41. The van der Waals surface area contributed by atoms with Crippen molar-refractivity contribution in [2.45, 2.75) is 31.8 Å². The summed E-state index contributed by atoms with van der Waals surface area (Å²) in [6.45, 7) is -0.328. The van der Waals surface area contributed by atoms with Gasteiger partial charge in [0.25, 0.3) is 0 Å². The van der Waals surface area contributed by atoms with Crippen LogP contribution in [0.4, 0.5) is 19.1 Å². The quantitative estimate of drug-likeness (QED) is 0.369. The molecule has 1 aromatic carbocycles. The summed E-state index contributed by atoms with van der Waals surface area (Å²) in [6, 6.07) is 8.07. The SMILES string of the molecule is CC1C[C@H](c2ccccc2OC(F)F)c2c1nc1cc(F)c(-c3cnc(N4CCS(=O)(=O)CC4)nc3)cn21. The predicted molar refractivity (Wildman–Crippen MR) is 135 cm³/mol. The van der Waals surface area contributed by atoms with E-state index in [-0.39, 0.29) is 34.7 Å². The van der Waals surface area contributed by atoms with Crippen LogP contribution in [0, 0.1) is 5.82 Å². The lowest BCUT2D eigenvalue weighted by molar-refractivity contribution is -0.0505. The summed E-state index contributed by atoms with van der Waals surface area (Å²) in [5.41, 5.74) is 3.37. The van der Waals surface area contributed by atoms with Crippen molar-refractivity contribution in [1.82, 2.24) is 19.4 Å². The van der Waals surface area contributed by atoms with E-state index in [2.05, 4.69) is 15.0 Å². The number of benzene rings is 1. The Labute approximate surface area is 217 Å². The van der Waals surface area contributed by atoms with E-state index in [0.29, 0.717) is 42.2 Å². The summed E-state index contributed by atoms with van der Waals surface area (Å²) in [7, 11) is -3.04. The van der Waals surface area contributed by atoms with Gasteiger partial charge in [-0.1, -0.05) is 25.1 Å². The molecule has 198 valence electrons. The summed E-state index contributed by atoms with van der Waals surface area (Å²) >= 11 is 0. The topological polar surface area (TPSA) is 89.7 Å². The third-order valence-electron chi connectivity index (χ3n) is 7.25. The molecule has 2 aliphatic rings. The Kier molecular flexibility index (Phi) is 6.01. The van der Waals surface area contributed by atoms with Crippen molar-refractivity contribution >= 4 is 21.4 Å². The van der Waals surface area contributed by atoms with Crippen LogP contribution < -0.4 is 9.64 Å². The lowest BCUT2D eigenvalue weighted by Gasteiger charge is -2.26. The first-order chi connectivity index (χ1) is 18.2. The summed E-state index contributed by atoms with van der Waals surface area (Å²) in [6.07, 6.45) is 5.32. The highest BCUT2D eigenvalue weighted by Crippen LogP contribution is 2.48. The molecule has 1 aliphatic heterocycles. The van der Waals surface area contributed by atoms with Gasteiger partial charge in [-0.2, -0.15) is 8.78 Å². The van der Waals surface area contributed by atoms with Crippen LogP contribution in [-0.2, 0) is 9.84 Å². The molecule has 4 aromatic rings. The van der Waals surface area contributed by atoms with E-state index >= 15 is 4.39 Å². The maximum atomic E-state index is 15.2. The number of halogens is 3. The molecule has 1 saturated heterocycles. The number of imidazole rings is 1. The Morgan fingerprint density at radius 1 is 1.11 bits per heavy atom. The molecular weight excluding hydrogens is 519 g/mol. The zero-order valence-corrected chi connectivity index (χ0v) is 21.2. The van der Waals surface area contributed by atoms with Crippen LogP contribution in [0.5, 0.6) is 5.75 Å². The van der Waals surface area contributed by atoms with Gasteiger partial charge in [-0.15, -0.1) is 0 Å². The number of hydrogen-bond donors (Lipinski definition) is 0. The zero-order chi connectivity index (χ0) is 26.6. The Hall–Kier alpha value is -3.67. The first kappa shape index (κ1) is 24.7. The molecule has 0 bridgehead atoms.